The van der Waals surface area contributed by atoms with E-state index in [1.54, 1.807) is 6.07 Å². The molecule has 4 nitrogen and oxygen atoms in total. The Hall–Kier alpha value is -2.61. The number of nitrogens with one attached hydrogen (secondary N) is 1. The van der Waals surface area contributed by atoms with Gasteiger partial charge in [0.1, 0.15) is 11.6 Å². The van der Waals surface area contributed by atoms with Crippen LogP contribution in [0.15, 0.2) is 42.5 Å². The molecule has 8 heteroatoms. The van der Waals surface area contributed by atoms with Crippen LogP contribution in [0.3, 0.4) is 0 Å². The van der Waals surface area contributed by atoms with Gasteiger partial charge in [-0.25, -0.2) is 4.39 Å². The summed E-state index contributed by atoms with van der Waals surface area (Å²) in [5, 5.41) is 2.83. The Morgan fingerprint density at radius 3 is 2.52 bits per heavy atom. The lowest BCUT2D eigenvalue weighted by Crippen LogP contribution is -2.44. The molecular formula is C21H22F4N2O2. The van der Waals surface area contributed by atoms with E-state index in [-0.39, 0.29) is 11.6 Å². The number of alkyl halides is 3. The first-order valence-electron chi connectivity index (χ1n) is 9.29. The van der Waals surface area contributed by atoms with E-state index in [2.05, 4.69) is 5.32 Å². The maximum Gasteiger partial charge on any atom is 0.416 e. The summed E-state index contributed by atoms with van der Waals surface area (Å²) >= 11 is 0. The fourth-order valence-electron chi connectivity index (χ4n) is 3.41. The molecule has 3 rings (SSSR count). The minimum Gasteiger partial charge on any atom is -0.497 e. The van der Waals surface area contributed by atoms with Crippen molar-refractivity contribution in [3.05, 3.63) is 65.0 Å². The molecule has 2 aromatic carbocycles. The number of methoxy groups -OCH3 is 1. The Morgan fingerprint density at radius 2 is 1.90 bits per heavy atom. The van der Waals surface area contributed by atoms with Gasteiger partial charge in [-0.2, -0.15) is 13.2 Å². The van der Waals surface area contributed by atoms with Crippen LogP contribution < -0.4 is 10.1 Å². The van der Waals surface area contributed by atoms with Crippen LogP contribution >= 0.6 is 0 Å². The molecule has 0 unspecified atom stereocenters. The number of rotatable bonds is 5. The topological polar surface area (TPSA) is 41.6 Å². The number of ether oxygens (including phenoxy) is 1. The van der Waals surface area contributed by atoms with Crippen LogP contribution in [0.1, 0.15) is 34.3 Å². The number of carbonyl (C=O) groups excluding carboxylic acids is 1. The lowest BCUT2D eigenvalue weighted by molar-refractivity contribution is -0.137. The summed E-state index contributed by atoms with van der Waals surface area (Å²) in [4.78, 5) is 14.4. The molecule has 1 aliphatic rings. The lowest BCUT2D eigenvalue weighted by Gasteiger charge is -2.32. The largest absolute Gasteiger partial charge is 0.497 e. The summed E-state index contributed by atoms with van der Waals surface area (Å²) in [6, 6.07) is 9.27. The average Bonchev–Trinajstić information content (AvgIpc) is 2.69. The lowest BCUT2D eigenvalue weighted by atomic mass is 10.0. The molecule has 1 saturated heterocycles. The predicted molar refractivity (Wildman–Crippen MR) is 100 cm³/mol. The maximum absolute atomic E-state index is 14.0. The van der Waals surface area contributed by atoms with Gasteiger partial charge in [0.2, 0.25) is 0 Å². The van der Waals surface area contributed by atoms with E-state index in [9.17, 15) is 22.4 Å². The Balaban J connectivity index is 1.52. The number of nitrogens with zero attached hydrogens (tertiary/aromatic N) is 1. The first-order chi connectivity index (χ1) is 13.8. The molecule has 0 atom stereocenters. The second-order valence-electron chi connectivity index (χ2n) is 7.07. The zero-order valence-electron chi connectivity index (χ0n) is 15.9. The van der Waals surface area contributed by atoms with Gasteiger partial charge < -0.3 is 10.1 Å². The summed E-state index contributed by atoms with van der Waals surface area (Å²) in [6.45, 7) is 1.68. The minimum absolute atomic E-state index is 0.0443. The van der Waals surface area contributed by atoms with Crippen molar-refractivity contribution in [1.29, 1.82) is 0 Å². The van der Waals surface area contributed by atoms with Crippen molar-refractivity contribution < 1.29 is 27.1 Å². The van der Waals surface area contributed by atoms with Crippen LogP contribution in [-0.4, -0.2) is 37.0 Å². The third-order valence-corrected chi connectivity index (χ3v) is 5.00. The second kappa shape index (κ2) is 8.82. The molecule has 1 heterocycles. The monoisotopic (exact) mass is 410 g/mol. The van der Waals surface area contributed by atoms with Gasteiger partial charge in [-0.1, -0.05) is 18.2 Å². The van der Waals surface area contributed by atoms with Crippen molar-refractivity contribution in [2.75, 3.05) is 20.2 Å². The molecule has 0 aliphatic carbocycles. The Morgan fingerprint density at radius 1 is 1.17 bits per heavy atom. The molecule has 0 radical (unpaired) electrons. The molecule has 1 amide bonds. The van der Waals surface area contributed by atoms with Crippen molar-refractivity contribution in [2.24, 2.45) is 0 Å². The summed E-state index contributed by atoms with van der Waals surface area (Å²) in [5.74, 6) is -0.799. The SMILES string of the molecule is COc1ccc(C(=O)NC2CCN(Cc3cccc(C(F)(F)F)c3)CC2)c(F)c1. The molecule has 0 bridgehead atoms. The van der Waals surface area contributed by atoms with Crippen molar-refractivity contribution in [3.8, 4) is 5.75 Å². The normalized spacial score (nSPS) is 15.9. The minimum atomic E-state index is -4.36. The third-order valence-electron chi connectivity index (χ3n) is 5.00. The number of halogens is 4. The first-order valence-corrected chi connectivity index (χ1v) is 9.29. The molecule has 1 N–H and O–H groups in total. The summed E-state index contributed by atoms with van der Waals surface area (Å²) < 4.78 is 57.5. The Labute approximate surface area is 166 Å². The quantitative estimate of drug-likeness (QED) is 0.750. The van der Waals surface area contributed by atoms with Crippen molar-refractivity contribution in [1.82, 2.24) is 10.2 Å². The number of benzene rings is 2. The van der Waals surface area contributed by atoms with E-state index in [1.807, 2.05) is 4.90 Å². The molecule has 0 spiro atoms. The second-order valence-corrected chi connectivity index (χ2v) is 7.07. The zero-order chi connectivity index (χ0) is 21.0. The molecule has 0 saturated carbocycles. The summed E-state index contributed by atoms with van der Waals surface area (Å²) in [7, 11) is 1.42. The van der Waals surface area contributed by atoms with Crippen molar-refractivity contribution in [3.63, 3.8) is 0 Å². The zero-order valence-corrected chi connectivity index (χ0v) is 15.9. The molecule has 0 aromatic heterocycles. The highest BCUT2D eigenvalue weighted by atomic mass is 19.4. The van der Waals surface area contributed by atoms with E-state index in [0.29, 0.717) is 43.8 Å². The predicted octanol–water partition coefficient (Wildman–Crippen LogP) is 4.25. The number of likely N-dealkylation sites (tertiary alicyclic amines) is 1. The van der Waals surface area contributed by atoms with Gasteiger partial charge in [-0.05, 0) is 36.6 Å². The fraction of sp³-hybridized carbons (Fsp3) is 0.381. The smallest absolute Gasteiger partial charge is 0.416 e. The van der Waals surface area contributed by atoms with Gasteiger partial charge in [0.15, 0.2) is 0 Å². The van der Waals surface area contributed by atoms with Gasteiger partial charge in [-0.3, -0.25) is 9.69 Å². The fourth-order valence-corrected chi connectivity index (χ4v) is 3.41. The van der Waals surface area contributed by atoms with Crippen LogP contribution in [-0.2, 0) is 12.7 Å². The Kier molecular flexibility index (Phi) is 6.42. The van der Waals surface area contributed by atoms with Gasteiger partial charge in [0.05, 0.1) is 18.2 Å². The standard InChI is InChI=1S/C21H22F4N2O2/c1-29-17-5-6-18(19(22)12-17)20(28)26-16-7-9-27(10-8-16)13-14-3-2-4-15(11-14)21(23,24)25/h2-6,11-12,16H,7-10,13H2,1H3,(H,26,28). The van der Waals surface area contributed by atoms with E-state index < -0.39 is 23.5 Å². The molecule has 2 aromatic rings. The van der Waals surface area contributed by atoms with Crippen LogP contribution in [0.5, 0.6) is 5.75 Å². The average molecular weight is 410 g/mol. The first kappa shape index (κ1) is 21.1. The molecule has 29 heavy (non-hydrogen) atoms. The molecular weight excluding hydrogens is 388 g/mol. The number of piperidine rings is 1. The molecule has 156 valence electrons. The molecule has 1 fully saturated rings. The van der Waals surface area contributed by atoms with Crippen LogP contribution in [0.25, 0.3) is 0 Å². The van der Waals surface area contributed by atoms with Crippen LogP contribution in [0.2, 0.25) is 0 Å². The number of amides is 1. The van der Waals surface area contributed by atoms with Gasteiger partial charge >= 0.3 is 6.18 Å². The van der Waals surface area contributed by atoms with Crippen molar-refractivity contribution >= 4 is 5.91 Å². The van der Waals surface area contributed by atoms with E-state index in [4.69, 9.17) is 4.74 Å². The van der Waals surface area contributed by atoms with E-state index in [0.717, 1.165) is 12.1 Å². The Bertz CT molecular complexity index is 862. The van der Waals surface area contributed by atoms with Gasteiger partial charge in [0.25, 0.3) is 5.91 Å². The highest BCUT2D eigenvalue weighted by Crippen LogP contribution is 2.30. The van der Waals surface area contributed by atoms with Crippen molar-refractivity contribution in [2.45, 2.75) is 31.6 Å². The molecule has 1 aliphatic heterocycles. The van der Waals surface area contributed by atoms with Gasteiger partial charge in [0, 0.05) is 31.7 Å². The van der Waals surface area contributed by atoms with Gasteiger partial charge in [-0.15, -0.1) is 0 Å². The van der Waals surface area contributed by atoms with Crippen LogP contribution in [0, 0.1) is 5.82 Å². The number of hydrogen-bond acceptors (Lipinski definition) is 3. The third kappa shape index (κ3) is 5.47. The van der Waals surface area contributed by atoms with E-state index >= 15 is 0 Å². The number of hydrogen-bond donors (Lipinski definition) is 1. The van der Waals surface area contributed by atoms with Crippen LogP contribution in [0.4, 0.5) is 17.6 Å². The maximum atomic E-state index is 14.0. The highest BCUT2D eigenvalue weighted by molar-refractivity contribution is 5.94. The summed E-state index contributed by atoms with van der Waals surface area (Å²) in [6.07, 6.45) is -3.07. The highest BCUT2D eigenvalue weighted by Gasteiger charge is 2.30. The van der Waals surface area contributed by atoms with E-state index in [1.165, 1.54) is 31.4 Å². The number of carbonyl (C=O) groups is 1. The summed E-state index contributed by atoms with van der Waals surface area (Å²) in [5.41, 5.74) is -0.0986.